The van der Waals surface area contributed by atoms with Gasteiger partial charge in [-0.05, 0) is 102 Å². The Morgan fingerprint density at radius 3 is 1.43 bits per heavy atom. The molecule has 8 aromatic rings. The number of aliphatic imine (C=N–C) groups is 1. The fourth-order valence-corrected chi connectivity index (χ4v) is 7.61. The van der Waals surface area contributed by atoms with Crippen molar-refractivity contribution in [2.24, 2.45) is 4.99 Å². The van der Waals surface area contributed by atoms with Crippen molar-refractivity contribution in [2.75, 3.05) is 28.4 Å². The number of rotatable bonds is 12. The third-order valence-electron chi connectivity index (χ3n) is 10.7. The molecule has 1 aliphatic heterocycles. The number of ether oxygens (including phenoxy) is 4. The number of allylic oxidation sites excluding steroid dienone is 1. The smallest absolute Gasteiger partial charge is 0.119 e. The summed E-state index contributed by atoms with van der Waals surface area (Å²) >= 11 is 0. The highest BCUT2D eigenvalue weighted by atomic mass is 16.5. The summed E-state index contributed by atoms with van der Waals surface area (Å²) < 4.78 is 22.2. The van der Waals surface area contributed by atoms with Gasteiger partial charge in [-0.15, -0.1) is 0 Å². The second kappa shape index (κ2) is 15.6. The van der Waals surface area contributed by atoms with Crippen LogP contribution in [0.15, 0.2) is 157 Å². The zero-order valence-electron chi connectivity index (χ0n) is 32.7. The molecule has 0 atom stereocenters. The van der Waals surface area contributed by atoms with E-state index in [1.54, 1.807) is 28.4 Å². The van der Waals surface area contributed by atoms with Crippen LogP contribution in [0.3, 0.4) is 0 Å². The molecule has 0 saturated heterocycles. The maximum Gasteiger partial charge on any atom is 0.119 e. The van der Waals surface area contributed by atoms with Gasteiger partial charge in [0.25, 0.3) is 0 Å². The Morgan fingerprint density at radius 1 is 0.414 bits per heavy atom. The molecule has 0 spiro atoms. The van der Waals surface area contributed by atoms with Gasteiger partial charge in [-0.1, -0.05) is 54.6 Å². The van der Waals surface area contributed by atoms with Gasteiger partial charge in [0.1, 0.15) is 23.0 Å². The van der Waals surface area contributed by atoms with Crippen LogP contribution in [-0.4, -0.2) is 49.1 Å². The van der Waals surface area contributed by atoms with Crippen molar-refractivity contribution < 1.29 is 18.9 Å². The first kappa shape index (κ1) is 36.2. The molecule has 0 fully saturated rings. The number of hydrogen-bond donors (Lipinski definition) is 3. The molecule has 0 bridgehead atoms. The fraction of sp³-hybridized carbons (Fsp3) is 0.100. The fourth-order valence-electron chi connectivity index (χ4n) is 7.61. The molecule has 8 heteroatoms. The van der Waals surface area contributed by atoms with Crippen LogP contribution < -0.4 is 18.9 Å². The third-order valence-corrected chi connectivity index (χ3v) is 10.7. The monoisotopic (exact) mass is 762 g/mol. The summed E-state index contributed by atoms with van der Waals surface area (Å²) in [5.74, 6) is 3.20. The van der Waals surface area contributed by atoms with Gasteiger partial charge in [-0.2, -0.15) is 0 Å². The second-order valence-corrected chi connectivity index (χ2v) is 14.1. The standard InChI is InChI=1S/C50H42N4O4/c1-55-36-13-5-9-31(23-36)35-27-50(51-30-35)43-29-41(48-21-18-45(53-48)33-11-7-15-38(25-33)57-3)40(47-20-17-44(52-47)32-10-6-14-37(24-32)56-2)28-42(43)49-22-19-46(54-49)34-12-8-16-39(26-34)58-4/h5-20,22-30,51-52,54H,21H2,1-4H3. The van der Waals surface area contributed by atoms with Gasteiger partial charge in [-0.25, -0.2) is 0 Å². The van der Waals surface area contributed by atoms with Crippen LogP contribution in [0.25, 0.3) is 73.1 Å². The molecule has 3 aromatic heterocycles. The van der Waals surface area contributed by atoms with Crippen molar-refractivity contribution in [3.05, 3.63) is 163 Å². The predicted molar refractivity (Wildman–Crippen MR) is 234 cm³/mol. The van der Waals surface area contributed by atoms with Crippen molar-refractivity contribution in [3.8, 4) is 90.4 Å². The number of H-pyrrole nitrogens is 3. The highest BCUT2D eigenvalue weighted by Crippen LogP contribution is 2.42. The zero-order valence-corrected chi connectivity index (χ0v) is 32.7. The Morgan fingerprint density at radius 2 is 0.862 bits per heavy atom. The Labute approximate surface area is 337 Å². The van der Waals surface area contributed by atoms with E-state index in [1.165, 1.54) is 0 Å². The largest absolute Gasteiger partial charge is 0.497 e. The number of nitrogens with one attached hydrogen (secondary N) is 3. The first-order valence-corrected chi connectivity index (χ1v) is 19.1. The van der Waals surface area contributed by atoms with Gasteiger partial charge in [0.15, 0.2) is 0 Å². The van der Waals surface area contributed by atoms with Crippen LogP contribution in [-0.2, 0) is 0 Å². The molecule has 0 radical (unpaired) electrons. The lowest BCUT2D eigenvalue weighted by Crippen LogP contribution is -2.03. The van der Waals surface area contributed by atoms with Crippen molar-refractivity contribution in [2.45, 2.75) is 6.42 Å². The van der Waals surface area contributed by atoms with E-state index in [-0.39, 0.29) is 0 Å². The SMILES string of the molecule is COc1cccc(C2=CCC(c3cc(-c4cc(-c5cccc(OC)c5)c[nH]4)c(-c4ccc(-c5cccc(OC)c5)[nH]4)cc3-c3ccc(-c4cccc(OC)c4)[nH]3)=N2)c1. The maximum absolute atomic E-state index is 5.56. The summed E-state index contributed by atoms with van der Waals surface area (Å²) in [7, 11) is 6.76. The number of aromatic nitrogens is 3. The van der Waals surface area contributed by atoms with E-state index < -0.39 is 0 Å². The van der Waals surface area contributed by atoms with Crippen LogP contribution in [0.1, 0.15) is 17.5 Å². The normalized spacial score (nSPS) is 12.3. The van der Waals surface area contributed by atoms with Gasteiger partial charge in [0.2, 0.25) is 0 Å². The minimum Gasteiger partial charge on any atom is -0.497 e. The second-order valence-electron chi connectivity index (χ2n) is 14.1. The topological polar surface area (TPSA) is 96.6 Å². The highest BCUT2D eigenvalue weighted by Gasteiger charge is 2.23. The minimum absolute atomic E-state index is 0.671. The van der Waals surface area contributed by atoms with Gasteiger partial charge in [0.05, 0.1) is 39.8 Å². The van der Waals surface area contributed by atoms with E-state index in [9.17, 15) is 0 Å². The van der Waals surface area contributed by atoms with Crippen molar-refractivity contribution in [1.82, 2.24) is 15.0 Å². The molecule has 0 aliphatic carbocycles. The lowest BCUT2D eigenvalue weighted by Gasteiger charge is -2.16. The molecular weight excluding hydrogens is 721 g/mol. The van der Waals surface area contributed by atoms with Gasteiger partial charge in [-0.3, -0.25) is 4.99 Å². The summed E-state index contributed by atoms with van der Waals surface area (Å²) in [6.07, 6.45) is 4.92. The van der Waals surface area contributed by atoms with Gasteiger partial charge in [0, 0.05) is 80.0 Å². The molecule has 0 saturated carbocycles. The van der Waals surface area contributed by atoms with Gasteiger partial charge >= 0.3 is 0 Å². The Bertz CT molecular complexity index is 2840. The Hall–Kier alpha value is -7.45. The van der Waals surface area contributed by atoms with E-state index >= 15 is 0 Å². The maximum atomic E-state index is 5.56. The molecule has 3 N–H and O–H groups in total. The van der Waals surface area contributed by atoms with Crippen molar-refractivity contribution in [3.63, 3.8) is 0 Å². The predicted octanol–water partition coefficient (Wildman–Crippen LogP) is 11.9. The molecule has 5 aromatic carbocycles. The third kappa shape index (κ3) is 7.08. The summed E-state index contributed by atoms with van der Waals surface area (Å²) in [5.41, 5.74) is 16.1. The average molecular weight is 763 g/mol. The minimum atomic E-state index is 0.671. The molecule has 4 heterocycles. The average Bonchev–Trinajstić information content (AvgIpc) is 4.14. The first-order chi connectivity index (χ1) is 28.5. The number of aromatic amines is 3. The number of nitrogens with zero attached hydrogens (tertiary/aromatic N) is 1. The van der Waals surface area contributed by atoms with E-state index in [1.807, 2.05) is 66.7 Å². The zero-order chi connectivity index (χ0) is 39.6. The molecule has 9 rings (SSSR count). The lowest BCUT2D eigenvalue weighted by atomic mass is 9.90. The Balaban J connectivity index is 1.24. The van der Waals surface area contributed by atoms with Crippen LogP contribution in [0.2, 0.25) is 0 Å². The summed E-state index contributed by atoms with van der Waals surface area (Å²) in [4.78, 5) is 16.4. The summed E-state index contributed by atoms with van der Waals surface area (Å²) in [5, 5.41) is 0. The Kier molecular flexibility index (Phi) is 9.73. The molecule has 0 amide bonds. The molecule has 58 heavy (non-hydrogen) atoms. The molecule has 8 nitrogen and oxygen atoms in total. The number of methoxy groups -OCH3 is 4. The van der Waals surface area contributed by atoms with E-state index in [4.69, 9.17) is 23.9 Å². The van der Waals surface area contributed by atoms with E-state index in [2.05, 4.69) is 100 Å². The first-order valence-electron chi connectivity index (χ1n) is 19.1. The summed E-state index contributed by atoms with van der Waals surface area (Å²) in [6, 6.07) is 47.7. The number of benzene rings is 5. The highest BCUT2D eigenvalue weighted by molar-refractivity contribution is 6.13. The van der Waals surface area contributed by atoms with Crippen LogP contribution in [0, 0.1) is 0 Å². The molecule has 1 aliphatic rings. The lowest BCUT2D eigenvalue weighted by molar-refractivity contribution is 0.414. The van der Waals surface area contributed by atoms with Crippen LogP contribution in [0.4, 0.5) is 0 Å². The van der Waals surface area contributed by atoms with Crippen LogP contribution in [0.5, 0.6) is 23.0 Å². The quantitative estimate of drug-likeness (QED) is 0.115. The number of hydrogen-bond acceptors (Lipinski definition) is 5. The summed E-state index contributed by atoms with van der Waals surface area (Å²) in [6.45, 7) is 0. The van der Waals surface area contributed by atoms with Crippen LogP contribution >= 0.6 is 0 Å². The van der Waals surface area contributed by atoms with Gasteiger partial charge < -0.3 is 33.9 Å². The van der Waals surface area contributed by atoms with Crippen molar-refractivity contribution in [1.29, 1.82) is 0 Å². The molecule has 0 unspecified atom stereocenters. The molecule has 286 valence electrons. The van der Waals surface area contributed by atoms with E-state index in [0.29, 0.717) is 6.42 Å². The van der Waals surface area contributed by atoms with E-state index in [0.717, 1.165) is 113 Å². The van der Waals surface area contributed by atoms with Crippen molar-refractivity contribution >= 4 is 11.4 Å². The molecular formula is C50H42N4O4.